The summed E-state index contributed by atoms with van der Waals surface area (Å²) in [6.07, 6.45) is 2.27. The van der Waals surface area contributed by atoms with Crippen LogP contribution in [-0.2, 0) is 14.8 Å². The van der Waals surface area contributed by atoms with Gasteiger partial charge in [0.15, 0.2) is 0 Å². The van der Waals surface area contributed by atoms with Crippen LogP contribution in [0.1, 0.15) is 33.1 Å². The van der Waals surface area contributed by atoms with Gasteiger partial charge in [0.1, 0.15) is 5.78 Å². The van der Waals surface area contributed by atoms with E-state index in [1.807, 2.05) is 18.2 Å². The van der Waals surface area contributed by atoms with Gasteiger partial charge in [0.05, 0.1) is 5.75 Å². The van der Waals surface area contributed by atoms with Gasteiger partial charge in [-0.05, 0) is 36.3 Å². The molecule has 6 heteroatoms. The third-order valence-electron chi connectivity index (χ3n) is 7.32. The lowest BCUT2D eigenvalue weighted by molar-refractivity contribution is -0.128. The SMILES string of the molecule is CC1(C)C2CCC1(CS(=O)(=O)N1CCN(c3ccccc3)CC1)C(=O)C2. The third kappa shape index (κ3) is 2.61. The zero-order valence-corrected chi connectivity index (χ0v) is 16.5. The number of anilines is 1. The number of hydrogen-bond acceptors (Lipinski definition) is 4. The van der Waals surface area contributed by atoms with Gasteiger partial charge in [-0.25, -0.2) is 8.42 Å². The molecule has 2 unspecified atom stereocenters. The summed E-state index contributed by atoms with van der Waals surface area (Å²) in [7, 11) is -3.43. The largest absolute Gasteiger partial charge is 0.369 e. The van der Waals surface area contributed by atoms with Crippen LogP contribution in [0.5, 0.6) is 0 Å². The monoisotopic (exact) mass is 376 g/mol. The molecule has 142 valence electrons. The summed E-state index contributed by atoms with van der Waals surface area (Å²) in [6, 6.07) is 10.1. The average molecular weight is 377 g/mol. The highest BCUT2D eigenvalue weighted by Crippen LogP contribution is 2.64. The van der Waals surface area contributed by atoms with Crippen molar-refractivity contribution in [1.29, 1.82) is 0 Å². The van der Waals surface area contributed by atoms with Crippen molar-refractivity contribution in [3.63, 3.8) is 0 Å². The van der Waals surface area contributed by atoms with E-state index in [1.54, 1.807) is 4.31 Å². The zero-order valence-electron chi connectivity index (χ0n) is 15.6. The molecule has 3 fully saturated rings. The maximum absolute atomic E-state index is 13.2. The van der Waals surface area contributed by atoms with Gasteiger partial charge in [0, 0.05) is 43.7 Å². The second-order valence-electron chi connectivity index (χ2n) is 8.64. The molecule has 3 aliphatic rings. The number of carbonyl (C=O) groups excluding carboxylic acids is 1. The molecule has 0 N–H and O–H groups in total. The number of ketones is 1. The van der Waals surface area contributed by atoms with Gasteiger partial charge in [0.2, 0.25) is 10.0 Å². The van der Waals surface area contributed by atoms with E-state index in [1.165, 1.54) is 0 Å². The molecule has 1 aromatic rings. The van der Waals surface area contributed by atoms with Crippen LogP contribution in [0.4, 0.5) is 5.69 Å². The van der Waals surface area contributed by atoms with E-state index in [4.69, 9.17) is 0 Å². The fourth-order valence-corrected chi connectivity index (χ4v) is 7.58. The smallest absolute Gasteiger partial charge is 0.215 e. The molecule has 1 saturated heterocycles. The first kappa shape index (κ1) is 18.0. The van der Waals surface area contributed by atoms with Crippen molar-refractivity contribution in [2.24, 2.45) is 16.7 Å². The van der Waals surface area contributed by atoms with E-state index >= 15 is 0 Å². The third-order valence-corrected chi connectivity index (χ3v) is 9.33. The fraction of sp³-hybridized carbons (Fsp3) is 0.650. The van der Waals surface area contributed by atoms with Crippen molar-refractivity contribution in [2.45, 2.75) is 33.1 Å². The summed E-state index contributed by atoms with van der Waals surface area (Å²) in [4.78, 5) is 14.9. The Morgan fingerprint density at radius 1 is 1.08 bits per heavy atom. The molecule has 2 saturated carbocycles. The summed E-state index contributed by atoms with van der Waals surface area (Å²) < 4.78 is 27.9. The number of para-hydroxylation sites is 1. The zero-order chi connectivity index (χ0) is 18.6. The molecular weight excluding hydrogens is 348 g/mol. The summed E-state index contributed by atoms with van der Waals surface area (Å²) in [5.74, 6) is 0.513. The minimum atomic E-state index is -3.43. The van der Waals surface area contributed by atoms with Crippen molar-refractivity contribution in [3.05, 3.63) is 30.3 Å². The molecule has 5 nitrogen and oxygen atoms in total. The minimum absolute atomic E-state index is 0.00628. The predicted octanol–water partition coefficient (Wildman–Crippen LogP) is 2.53. The van der Waals surface area contributed by atoms with Gasteiger partial charge in [-0.2, -0.15) is 4.31 Å². The Bertz CT molecular complexity index is 798. The highest BCUT2D eigenvalue weighted by atomic mass is 32.2. The lowest BCUT2D eigenvalue weighted by Crippen LogP contribution is -2.52. The molecule has 1 heterocycles. The number of nitrogens with zero attached hydrogens (tertiary/aromatic N) is 2. The minimum Gasteiger partial charge on any atom is -0.369 e. The van der Waals surface area contributed by atoms with Crippen LogP contribution < -0.4 is 4.90 Å². The summed E-state index contributed by atoms with van der Waals surface area (Å²) in [6.45, 7) is 6.56. The number of carbonyl (C=O) groups is 1. The van der Waals surface area contributed by atoms with Crippen molar-refractivity contribution < 1.29 is 13.2 Å². The molecule has 0 amide bonds. The van der Waals surface area contributed by atoms with E-state index in [9.17, 15) is 13.2 Å². The average Bonchev–Trinajstić information content (AvgIpc) is 2.96. The second kappa shape index (κ2) is 6.06. The highest BCUT2D eigenvalue weighted by Gasteiger charge is 2.65. The normalized spacial score (nSPS) is 31.5. The fourth-order valence-electron chi connectivity index (χ4n) is 5.37. The molecule has 2 aliphatic carbocycles. The van der Waals surface area contributed by atoms with Crippen molar-refractivity contribution in [1.82, 2.24) is 4.31 Å². The molecule has 4 rings (SSSR count). The van der Waals surface area contributed by atoms with Crippen molar-refractivity contribution in [3.8, 4) is 0 Å². The Morgan fingerprint density at radius 3 is 2.27 bits per heavy atom. The summed E-state index contributed by atoms with van der Waals surface area (Å²) >= 11 is 0. The lowest BCUT2D eigenvalue weighted by atomic mass is 9.70. The van der Waals surface area contributed by atoms with Crippen molar-refractivity contribution in [2.75, 3.05) is 36.8 Å². The molecule has 2 atom stereocenters. The Kier molecular flexibility index (Phi) is 4.19. The standard InChI is InChI=1S/C20H28N2O3S/c1-19(2)16-8-9-20(19,18(23)14-16)15-26(24,25)22-12-10-21(11-13-22)17-6-4-3-5-7-17/h3-7,16H,8-15H2,1-2H3. The topological polar surface area (TPSA) is 57.7 Å². The number of hydrogen-bond donors (Lipinski definition) is 0. The van der Waals surface area contributed by atoms with Gasteiger partial charge < -0.3 is 4.90 Å². The molecular formula is C20H28N2O3S. The molecule has 1 aromatic carbocycles. The van der Waals surface area contributed by atoms with Crippen LogP contribution in [0.15, 0.2) is 30.3 Å². The van der Waals surface area contributed by atoms with E-state index in [-0.39, 0.29) is 17.0 Å². The highest BCUT2D eigenvalue weighted by molar-refractivity contribution is 7.89. The van der Waals surface area contributed by atoms with Crippen LogP contribution >= 0.6 is 0 Å². The number of sulfonamides is 1. The van der Waals surface area contributed by atoms with Gasteiger partial charge in [-0.3, -0.25) is 4.79 Å². The van der Waals surface area contributed by atoms with E-state index < -0.39 is 15.4 Å². The van der Waals surface area contributed by atoms with Crippen LogP contribution in [0.25, 0.3) is 0 Å². The Hall–Kier alpha value is -1.40. The predicted molar refractivity (Wildman–Crippen MR) is 103 cm³/mol. The number of Topliss-reactive ketones (excluding diaryl/α,β-unsaturated/α-hetero) is 1. The molecule has 26 heavy (non-hydrogen) atoms. The van der Waals surface area contributed by atoms with Gasteiger partial charge in [0.25, 0.3) is 0 Å². The van der Waals surface area contributed by atoms with Crippen LogP contribution in [0, 0.1) is 16.7 Å². The van der Waals surface area contributed by atoms with Gasteiger partial charge >= 0.3 is 0 Å². The first-order valence-electron chi connectivity index (χ1n) is 9.57. The maximum Gasteiger partial charge on any atom is 0.215 e. The van der Waals surface area contributed by atoms with Gasteiger partial charge in [-0.1, -0.05) is 32.0 Å². The quantitative estimate of drug-likeness (QED) is 0.810. The number of benzene rings is 1. The Morgan fingerprint density at radius 2 is 1.73 bits per heavy atom. The van der Waals surface area contributed by atoms with Crippen LogP contribution in [0.3, 0.4) is 0 Å². The molecule has 0 radical (unpaired) electrons. The van der Waals surface area contributed by atoms with Gasteiger partial charge in [-0.15, -0.1) is 0 Å². The van der Waals surface area contributed by atoms with Crippen molar-refractivity contribution >= 4 is 21.5 Å². The van der Waals surface area contributed by atoms with E-state index in [0.717, 1.165) is 18.5 Å². The first-order chi connectivity index (χ1) is 12.3. The Labute approximate surface area is 156 Å². The lowest BCUT2D eigenvalue weighted by Gasteiger charge is -2.40. The molecule has 1 aliphatic heterocycles. The summed E-state index contributed by atoms with van der Waals surface area (Å²) in [5.41, 5.74) is 0.254. The van der Waals surface area contributed by atoms with Crippen LogP contribution in [-0.4, -0.2) is 50.4 Å². The number of piperazine rings is 1. The Balaban J connectivity index is 1.48. The molecule has 0 aromatic heterocycles. The first-order valence-corrected chi connectivity index (χ1v) is 11.2. The van der Waals surface area contributed by atoms with Crippen LogP contribution in [0.2, 0.25) is 0 Å². The second-order valence-corrected chi connectivity index (χ2v) is 10.6. The maximum atomic E-state index is 13.2. The number of fused-ring (bicyclic) bond motifs is 2. The van der Waals surface area contributed by atoms with E-state index in [0.29, 0.717) is 38.5 Å². The summed E-state index contributed by atoms with van der Waals surface area (Å²) in [5, 5.41) is 0. The van der Waals surface area contributed by atoms with E-state index in [2.05, 4.69) is 30.9 Å². The molecule has 0 spiro atoms. The number of rotatable bonds is 4. The molecule has 2 bridgehead atoms.